The lowest BCUT2D eigenvalue weighted by molar-refractivity contribution is -0.250. The molecule has 2 saturated carbocycles. The van der Waals surface area contributed by atoms with Crippen LogP contribution in [0.15, 0.2) is 36.4 Å². The molecule has 2 fully saturated rings. The highest BCUT2D eigenvalue weighted by Crippen LogP contribution is 2.67. The van der Waals surface area contributed by atoms with Crippen molar-refractivity contribution in [2.75, 3.05) is 0 Å². The molecule has 1 aromatic carbocycles. The summed E-state index contributed by atoms with van der Waals surface area (Å²) in [4.78, 5) is 0. The van der Waals surface area contributed by atoms with Gasteiger partial charge in [0, 0.05) is 23.9 Å². The van der Waals surface area contributed by atoms with E-state index in [1.54, 1.807) is 13.0 Å². The van der Waals surface area contributed by atoms with Crippen molar-refractivity contribution in [3.05, 3.63) is 58.9 Å². The molecule has 1 heterocycles. The SMILES string of the molecule is Cc1cc(C23C(F)C(F)C2C(F)C3F)c(C)n1Cc1ccccc1. The average molecular weight is 337 g/mol. The standard InChI is InChI=1S/C19H19F4N/c1-10-8-13(11(2)24(10)9-12-6-4-3-5-7-12)19-14(15(20)17(19)22)16(21)18(19)23/h3-8,14-18H,9H2,1-2H3. The number of nitrogens with zero attached hydrogens (tertiary/aromatic N) is 1. The maximum absolute atomic E-state index is 14.3. The van der Waals surface area contributed by atoms with Gasteiger partial charge in [-0.1, -0.05) is 30.3 Å². The molecular formula is C19H19F4N. The van der Waals surface area contributed by atoms with Crippen LogP contribution in [0.1, 0.15) is 22.5 Å². The van der Waals surface area contributed by atoms with Gasteiger partial charge in [-0.2, -0.15) is 0 Å². The third-order valence-electron chi connectivity index (χ3n) is 5.93. The van der Waals surface area contributed by atoms with E-state index >= 15 is 0 Å². The number of hydrogen-bond donors (Lipinski definition) is 0. The number of alkyl halides is 4. The summed E-state index contributed by atoms with van der Waals surface area (Å²) in [6, 6.07) is 11.4. The second kappa shape index (κ2) is 5.11. The van der Waals surface area contributed by atoms with E-state index in [0.717, 1.165) is 11.3 Å². The Morgan fingerprint density at radius 2 is 1.54 bits per heavy atom. The fourth-order valence-electron chi connectivity index (χ4n) is 4.60. The molecule has 0 amide bonds. The zero-order valence-corrected chi connectivity index (χ0v) is 13.5. The molecule has 1 nitrogen and oxygen atoms in total. The summed E-state index contributed by atoms with van der Waals surface area (Å²) in [5, 5.41) is 0. The summed E-state index contributed by atoms with van der Waals surface area (Å²) < 4.78 is 58.1. The molecule has 0 N–H and O–H groups in total. The Bertz CT molecular complexity index is 753. The van der Waals surface area contributed by atoms with Crippen LogP contribution in [-0.4, -0.2) is 29.3 Å². The Labute approximate surface area is 138 Å². The first kappa shape index (κ1) is 15.7. The van der Waals surface area contributed by atoms with Gasteiger partial charge in [-0.3, -0.25) is 0 Å². The summed E-state index contributed by atoms with van der Waals surface area (Å²) in [5.41, 5.74) is 1.36. The third kappa shape index (κ3) is 1.70. The van der Waals surface area contributed by atoms with E-state index in [2.05, 4.69) is 0 Å². The molecule has 4 rings (SSSR count). The van der Waals surface area contributed by atoms with Crippen LogP contribution in [0.25, 0.3) is 0 Å². The summed E-state index contributed by atoms with van der Waals surface area (Å²) in [5.74, 6) is -1.20. The van der Waals surface area contributed by atoms with Crippen molar-refractivity contribution in [1.82, 2.24) is 4.57 Å². The third-order valence-corrected chi connectivity index (χ3v) is 5.93. The number of aryl methyl sites for hydroxylation is 1. The molecular weight excluding hydrogens is 318 g/mol. The van der Waals surface area contributed by atoms with E-state index < -0.39 is 36.0 Å². The predicted octanol–water partition coefficient (Wildman–Crippen LogP) is 4.39. The van der Waals surface area contributed by atoms with Gasteiger partial charge in [0.2, 0.25) is 0 Å². The monoisotopic (exact) mass is 337 g/mol. The molecule has 128 valence electrons. The molecule has 1 aromatic heterocycles. The molecule has 24 heavy (non-hydrogen) atoms. The lowest BCUT2D eigenvalue weighted by atomic mass is 9.41. The summed E-state index contributed by atoms with van der Waals surface area (Å²) in [6.45, 7) is 4.18. The Morgan fingerprint density at radius 3 is 2.12 bits per heavy atom. The fourth-order valence-corrected chi connectivity index (χ4v) is 4.60. The van der Waals surface area contributed by atoms with Crippen molar-refractivity contribution in [1.29, 1.82) is 0 Å². The van der Waals surface area contributed by atoms with Gasteiger partial charge < -0.3 is 4.57 Å². The normalized spacial score (nSPS) is 37.5. The first-order valence-electron chi connectivity index (χ1n) is 8.18. The van der Waals surface area contributed by atoms with Crippen LogP contribution in [0.4, 0.5) is 17.6 Å². The molecule has 0 saturated heterocycles. The van der Waals surface area contributed by atoms with E-state index in [0.29, 0.717) is 17.8 Å². The van der Waals surface area contributed by atoms with Crippen molar-refractivity contribution >= 4 is 0 Å². The number of rotatable bonds is 3. The largest absolute Gasteiger partial charge is 0.345 e. The minimum absolute atomic E-state index is 0.420. The van der Waals surface area contributed by atoms with E-state index in [1.165, 1.54) is 0 Å². The number of fused-ring (bicyclic) bond motifs is 1. The molecule has 2 aromatic rings. The van der Waals surface area contributed by atoms with Crippen molar-refractivity contribution in [2.24, 2.45) is 5.92 Å². The van der Waals surface area contributed by atoms with Crippen LogP contribution in [0.2, 0.25) is 0 Å². The minimum Gasteiger partial charge on any atom is -0.345 e. The highest BCUT2D eigenvalue weighted by atomic mass is 19.2. The first-order valence-corrected chi connectivity index (χ1v) is 8.18. The van der Waals surface area contributed by atoms with Gasteiger partial charge in [0.15, 0.2) is 0 Å². The van der Waals surface area contributed by atoms with Gasteiger partial charge in [0.1, 0.15) is 24.7 Å². The molecule has 0 radical (unpaired) electrons. The van der Waals surface area contributed by atoms with Crippen LogP contribution < -0.4 is 0 Å². The number of aromatic nitrogens is 1. The van der Waals surface area contributed by atoms with Crippen LogP contribution in [-0.2, 0) is 12.0 Å². The van der Waals surface area contributed by atoms with Crippen LogP contribution in [0.3, 0.4) is 0 Å². The molecule has 0 aliphatic heterocycles. The van der Waals surface area contributed by atoms with Crippen molar-refractivity contribution < 1.29 is 17.6 Å². The molecule has 0 spiro atoms. The lowest BCUT2D eigenvalue weighted by Gasteiger charge is -2.65. The Hall–Kier alpha value is -1.78. The number of benzene rings is 1. The maximum atomic E-state index is 14.3. The van der Waals surface area contributed by atoms with E-state index in [-0.39, 0.29) is 0 Å². The molecule has 0 bridgehead atoms. The highest BCUT2D eigenvalue weighted by molar-refractivity contribution is 5.48. The van der Waals surface area contributed by atoms with Gasteiger partial charge >= 0.3 is 0 Å². The topological polar surface area (TPSA) is 4.93 Å². The highest BCUT2D eigenvalue weighted by Gasteiger charge is 2.81. The van der Waals surface area contributed by atoms with Gasteiger partial charge in [-0.05, 0) is 31.0 Å². The molecule has 5 heteroatoms. The number of hydrogen-bond acceptors (Lipinski definition) is 0. The molecule has 4 atom stereocenters. The predicted molar refractivity (Wildman–Crippen MR) is 84.2 cm³/mol. The van der Waals surface area contributed by atoms with Crippen LogP contribution in [0.5, 0.6) is 0 Å². The summed E-state index contributed by atoms with van der Waals surface area (Å²) in [6.07, 6.45) is -7.78. The Morgan fingerprint density at radius 1 is 0.958 bits per heavy atom. The molecule has 4 unspecified atom stereocenters. The summed E-state index contributed by atoms with van der Waals surface area (Å²) in [7, 11) is 0. The average Bonchev–Trinajstić information content (AvgIpc) is 2.86. The van der Waals surface area contributed by atoms with Gasteiger partial charge in [0.25, 0.3) is 0 Å². The van der Waals surface area contributed by atoms with Gasteiger partial charge in [0.05, 0.1) is 5.41 Å². The quantitative estimate of drug-likeness (QED) is 0.732. The Balaban J connectivity index is 1.75. The van der Waals surface area contributed by atoms with Crippen molar-refractivity contribution in [3.8, 4) is 0 Å². The van der Waals surface area contributed by atoms with Crippen LogP contribution >= 0.6 is 0 Å². The van der Waals surface area contributed by atoms with Gasteiger partial charge in [-0.15, -0.1) is 0 Å². The van der Waals surface area contributed by atoms with Gasteiger partial charge in [-0.25, -0.2) is 17.6 Å². The first-order chi connectivity index (χ1) is 11.4. The maximum Gasteiger partial charge on any atom is 0.145 e. The number of halogens is 4. The van der Waals surface area contributed by atoms with Crippen molar-refractivity contribution in [2.45, 2.75) is 50.5 Å². The fraction of sp³-hybridized carbons (Fsp3) is 0.474. The Kier molecular flexibility index (Phi) is 3.35. The van der Waals surface area contributed by atoms with Crippen molar-refractivity contribution in [3.63, 3.8) is 0 Å². The van der Waals surface area contributed by atoms with E-state index in [1.807, 2.05) is 41.8 Å². The zero-order chi connectivity index (χ0) is 17.2. The minimum atomic E-state index is -1.98. The van der Waals surface area contributed by atoms with E-state index in [9.17, 15) is 17.6 Å². The summed E-state index contributed by atoms with van der Waals surface area (Å²) >= 11 is 0. The van der Waals surface area contributed by atoms with Crippen LogP contribution in [0, 0.1) is 19.8 Å². The lowest BCUT2D eigenvalue weighted by Crippen LogP contribution is -2.81. The molecule has 2 aliphatic rings. The second-order valence-electron chi connectivity index (χ2n) is 7.01. The molecule has 2 aliphatic carbocycles. The smallest absolute Gasteiger partial charge is 0.145 e. The second-order valence-corrected chi connectivity index (χ2v) is 7.01. The zero-order valence-electron chi connectivity index (χ0n) is 13.5. The van der Waals surface area contributed by atoms with E-state index in [4.69, 9.17) is 0 Å².